The number of nitrogens with one attached hydrogen (secondary N) is 1. The van der Waals surface area contributed by atoms with Crippen molar-refractivity contribution in [2.45, 2.75) is 18.7 Å². The SMILES string of the molecule is COc1ccc(N2C(=O)[C@@H](NC(=O)OCc3ccccc3)[C@H]2C=O)c(OC)c1. The minimum atomic E-state index is -0.993. The van der Waals surface area contributed by atoms with Crippen molar-refractivity contribution in [2.75, 3.05) is 19.1 Å². The summed E-state index contributed by atoms with van der Waals surface area (Å²) in [6.45, 7) is 0.0648. The fourth-order valence-corrected chi connectivity index (χ4v) is 2.95. The van der Waals surface area contributed by atoms with Crippen molar-refractivity contribution >= 4 is 24.0 Å². The monoisotopic (exact) mass is 384 g/mol. The summed E-state index contributed by atoms with van der Waals surface area (Å²) in [5.74, 6) is 0.497. The maximum atomic E-state index is 12.6. The summed E-state index contributed by atoms with van der Waals surface area (Å²) < 4.78 is 15.5. The molecular weight excluding hydrogens is 364 g/mol. The van der Waals surface area contributed by atoms with E-state index in [1.165, 1.54) is 19.1 Å². The van der Waals surface area contributed by atoms with Crippen LogP contribution in [0.3, 0.4) is 0 Å². The van der Waals surface area contributed by atoms with Crippen LogP contribution in [0, 0.1) is 0 Å². The van der Waals surface area contributed by atoms with Gasteiger partial charge in [-0.15, -0.1) is 0 Å². The van der Waals surface area contributed by atoms with Crippen LogP contribution in [-0.4, -0.2) is 44.6 Å². The number of alkyl carbamates (subject to hydrolysis) is 1. The van der Waals surface area contributed by atoms with Gasteiger partial charge in [-0.05, 0) is 17.7 Å². The van der Waals surface area contributed by atoms with Crippen molar-refractivity contribution in [3.05, 3.63) is 54.1 Å². The number of ether oxygens (including phenoxy) is 3. The van der Waals surface area contributed by atoms with E-state index in [4.69, 9.17) is 14.2 Å². The molecule has 8 heteroatoms. The number of benzene rings is 2. The first-order chi connectivity index (χ1) is 13.6. The fourth-order valence-electron chi connectivity index (χ4n) is 2.95. The molecule has 146 valence electrons. The van der Waals surface area contributed by atoms with Gasteiger partial charge in [-0.25, -0.2) is 4.79 Å². The number of rotatable bonds is 7. The molecule has 1 heterocycles. The predicted octanol–water partition coefficient (Wildman–Crippen LogP) is 1.91. The molecule has 0 spiro atoms. The molecule has 8 nitrogen and oxygen atoms in total. The summed E-state index contributed by atoms with van der Waals surface area (Å²) >= 11 is 0. The van der Waals surface area contributed by atoms with Crippen LogP contribution in [0.15, 0.2) is 48.5 Å². The molecule has 1 aliphatic heterocycles. The third kappa shape index (κ3) is 3.75. The van der Waals surface area contributed by atoms with Crippen LogP contribution in [0.5, 0.6) is 11.5 Å². The molecule has 3 rings (SSSR count). The van der Waals surface area contributed by atoms with E-state index < -0.39 is 24.1 Å². The Hall–Kier alpha value is -3.55. The summed E-state index contributed by atoms with van der Waals surface area (Å²) in [6.07, 6.45) is -0.164. The van der Waals surface area contributed by atoms with Gasteiger partial charge >= 0.3 is 6.09 Å². The van der Waals surface area contributed by atoms with E-state index in [1.807, 2.05) is 30.3 Å². The average molecular weight is 384 g/mol. The smallest absolute Gasteiger partial charge is 0.408 e. The first kappa shape index (κ1) is 19.2. The highest BCUT2D eigenvalue weighted by molar-refractivity contribution is 6.12. The minimum absolute atomic E-state index is 0.0648. The van der Waals surface area contributed by atoms with Crippen molar-refractivity contribution in [2.24, 2.45) is 0 Å². The third-order valence-corrected chi connectivity index (χ3v) is 4.42. The van der Waals surface area contributed by atoms with Crippen molar-refractivity contribution < 1.29 is 28.6 Å². The lowest BCUT2D eigenvalue weighted by Crippen LogP contribution is -2.72. The second-order valence-electron chi connectivity index (χ2n) is 6.06. The highest BCUT2D eigenvalue weighted by Crippen LogP contribution is 2.37. The number of β-lactam (4-membered cyclic amide) rings is 1. The van der Waals surface area contributed by atoms with Gasteiger partial charge in [0.25, 0.3) is 5.91 Å². The Morgan fingerprint density at radius 1 is 1.14 bits per heavy atom. The molecule has 0 aromatic heterocycles. The number of methoxy groups -OCH3 is 2. The molecule has 2 aromatic carbocycles. The molecule has 0 unspecified atom stereocenters. The van der Waals surface area contributed by atoms with Gasteiger partial charge < -0.3 is 24.3 Å². The quantitative estimate of drug-likeness (QED) is 0.579. The van der Waals surface area contributed by atoms with Gasteiger partial charge in [-0.2, -0.15) is 0 Å². The van der Waals surface area contributed by atoms with E-state index in [0.29, 0.717) is 23.5 Å². The molecule has 0 aliphatic carbocycles. The Balaban J connectivity index is 1.66. The van der Waals surface area contributed by atoms with E-state index >= 15 is 0 Å². The van der Waals surface area contributed by atoms with Crippen molar-refractivity contribution in [3.63, 3.8) is 0 Å². The maximum Gasteiger partial charge on any atom is 0.408 e. The Kier molecular flexibility index (Phi) is 5.78. The van der Waals surface area contributed by atoms with Crippen molar-refractivity contribution in [1.82, 2.24) is 5.32 Å². The highest BCUT2D eigenvalue weighted by atomic mass is 16.5. The van der Waals surface area contributed by atoms with Crippen LogP contribution in [0.1, 0.15) is 5.56 Å². The molecule has 2 aromatic rings. The fraction of sp³-hybridized carbons (Fsp3) is 0.250. The molecule has 1 saturated heterocycles. The molecule has 2 atom stereocenters. The van der Waals surface area contributed by atoms with Crippen molar-refractivity contribution in [1.29, 1.82) is 0 Å². The normalized spacial score (nSPS) is 18.1. The van der Waals surface area contributed by atoms with E-state index in [1.54, 1.807) is 18.2 Å². The standard InChI is InChI=1S/C20H20N2O6/c1-26-14-8-9-15(17(10-14)27-2)22-16(11-23)18(19(22)24)21-20(25)28-12-13-6-4-3-5-7-13/h3-11,16,18H,12H2,1-2H3,(H,21,25)/t16-,18+/m1/s1. The number of anilines is 1. The summed E-state index contributed by atoms with van der Waals surface area (Å²) in [4.78, 5) is 37.4. The van der Waals surface area contributed by atoms with E-state index in [9.17, 15) is 14.4 Å². The van der Waals surface area contributed by atoms with Crippen LogP contribution in [0.4, 0.5) is 10.5 Å². The lowest BCUT2D eigenvalue weighted by atomic mass is 9.95. The van der Waals surface area contributed by atoms with Gasteiger partial charge in [0.05, 0.1) is 19.9 Å². The molecule has 0 saturated carbocycles. The summed E-state index contributed by atoms with van der Waals surface area (Å²) in [6, 6.07) is 12.2. The average Bonchev–Trinajstić information content (AvgIpc) is 2.74. The lowest BCUT2D eigenvalue weighted by molar-refractivity contribution is -0.130. The number of hydrogen-bond donors (Lipinski definition) is 1. The Bertz CT molecular complexity index is 870. The second kappa shape index (κ2) is 8.43. The van der Waals surface area contributed by atoms with Crippen LogP contribution >= 0.6 is 0 Å². The minimum Gasteiger partial charge on any atom is -0.497 e. The predicted molar refractivity (Wildman–Crippen MR) is 100 cm³/mol. The number of aldehydes is 1. The van der Waals surface area contributed by atoms with Gasteiger partial charge in [0.1, 0.15) is 36.5 Å². The highest BCUT2D eigenvalue weighted by Gasteiger charge is 2.50. The molecule has 1 fully saturated rings. The van der Waals surface area contributed by atoms with Gasteiger partial charge in [0.2, 0.25) is 0 Å². The summed E-state index contributed by atoms with van der Waals surface area (Å²) in [5.41, 5.74) is 1.23. The number of carbonyl (C=O) groups excluding carboxylic acids is 3. The maximum absolute atomic E-state index is 12.6. The first-order valence-corrected chi connectivity index (χ1v) is 8.56. The molecule has 1 N–H and O–H groups in total. The van der Waals surface area contributed by atoms with Crippen LogP contribution < -0.4 is 19.7 Å². The number of carbonyl (C=O) groups is 3. The van der Waals surface area contributed by atoms with Crippen LogP contribution in [0.2, 0.25) is 0 Å². The molecule has 28 heavy (non-hydrogen) atoms. The third-order valence-electron chi connectivity index (χ3n) is 4.42. The molecule has 0 bridgehead atoms. The zero-order valence-corrected chi connectivity index (χ0v) is 15.5. The van der Waals surface area contributed by atoms with Crippen molar-refractivity contribution in [3.8, 4) is 11.5 Å². The Morgan fingerprint density at radius 3 is 2.54 bits per heavy atom. The first-order valence-electron chi connectivity index (χ1n) is 8.56. The van der Waals surface area contributed by atoms with Gasteiger partial charge in [-0.1, -0.05) is 30.3 Å². The number of hydrogen-bond acceptors (Lipinski definition) is 6. The molecule has 1 aliphatic rings. The van der Waals surface area contributed by atoms with Gasteiger partial charge in [0, 0.05) is 6.07 Å². The van der Waals surface area contributed by atoms with E-state index in [2.05, 4.69) is 5.32 Å². The summed E-state index contributed by atoms with van der Waals surface area (Å²) in [7, 11) is 2.97. The number of nitrogens with zero attached hydrogens (tertiary/aromatic N) is 1. The Labute approximate surface area is 162 Å². The molecule has 2 amide bonds. The van der Waals surface area contributed by atoms with E-state index in [-0.39, 0.29) is 6.61 Å². The van der Waals surface area contributed by atoms with Gasteiger partial charge in [-0.3, -0.25) is 9.69 Å². The van der Waals surface area contributed by atoms with Gasteiger partial charge in [0.15, 0.2) is 0 Å². The largest absolute Gasteiger partial charge is 0.497 e. The second-order valence-corrected chi connectivity index (χ2v) is 6.06. The zero-order chi connectivity index (χ0) is 20.1. The zero-order valence-electron chi connectivity index (χ0n) is 15.5. The Morgan fingerprint density at radius 2 is 1.89 bits per heavy atom. The van der Waals surface area contributed by atoms with Crippen LogP contribution in [-0.2, 0) is 20.9 Å². The van der Waals surface area contributed by atoms with Crippen LogP contribution in [0.25, 0.3) is 0 Å². The topological polar surface area (TPSA) is 94.2 Å². The molecular formula is C20H20N2O6. The van der Waals surface area contributed by atoms with E-state index in [0.717, 1.165) is 5.56 Å². The molecule has 0 radical (unpaired) electrons. The summed E-state index contributed by atoms with van der Waals surface area (Å²) in [5, 5.41) is 2.45. The number of amides is 2. The lowest BCUT2D eigenvalue weighted by Gasteiger charge is -2.44.